The Morgan fingerprint density at radius 3 is 2.44 bits per heavy atom. The van der Waals surface area contributed by atoms with Crippen LogP contribution in [0.1, 0.15) is 39.2 Å². The molecule has 0 saturated heterocycles. The molecule has 0 aromatic heterocycles. The normalized spacial score (nSPS) is 12.9. The summed E-state index contributed by atoms with van der Waals surface area (Å²) in [6.45, 7) is 8.27. The molecular weight excluding hydrogens is 290 g/mol. The molecule has 0 aliphatic carbocycles. The van der Waals surface area contributed by atoms with E-state index in [1.54, 1.807) is 0 Å². The summed E-state index contributed by atoms with van der Waals surface area (Å²) in [5.41, 5.74) is 1.23. The molecule has 0 heterocycles. The van der Waals surface area contributed by atoms with Gasteiger partial charge in [0.2, 0.25) is 0 Å². The van der Waals surface area contributed by atoms with Crippen LogP contribution in [0.25, 0.3) is 0 Å². The summed E-state index contributed by atoms with van der Waals surface area (Å²) in [4.78, 5) is 0. The van der Waals surface area contributed by atoms with E-state index in [1.807, 2.05) is 0 Å². The first kappa shape index (κ1) is 15.7. The minimum atomic E-state index is 0.322. The molecule has 1 atom stereocenters. The number of halogens is 1. The van der Waals surface area contributed by atoms with E-state index in [1.165, 1.54) is 12.0 Å². The Hall–Kier alpha value is -0.380. The predicted molar refractivity (Wildman–Crippen MR) is 80.8 cm³/mol. The maximum atomic E-state index is 5.83. The van der Waals surface area contributed by atoms with Crippen molar-refractivity contribution in [1.82, 2.24) is 5.32 Å². The van der Waals surface area contributed by atoms with Gasteiger partial charge >= 0.3 is 0 Å². The van der Waals surface area contributed by atoms with Gasteiger partial charge in [0.15, 0.2) is 0 Å². The Morgan fingerprint density at radius 1 is 1.17 bits per heavy atom. The summed E-state index contributed by atoms with van der Waals surface area (Å²) >= 11 is 3.43. The van der Waals surface area contributed by atoms with E-state index in [0.717, 1.165) is 17.4 Å². The van der Waals surface area contributed by atoms with Gasteiger partial charge in [-0.1, -0.05) is 41.9 Å². The molecule has 1 aromatic carbocycles. The summed E-state index contributed by atoms with van der Waals surface area (Å²) in [5.74, 6) is 0. The van der Waals surface area contributed by atoms with Crippen molar-refractivity contribution in [2.45, 2.75) is 52.4 Å². The number of rotatable bonds is 8. The zero-order valence-corrected chi connectivity index (χ0v) is 13.2. The fourth-order valence-corrected chi connectivity index (χ4v) is 1.95. The quantitative estimate of drug-likeness (QED) is 0.728. The second-order valence-electron chi connectivity index (χ2n) is 5.00. The minimum Gasteiger partial charge on any atom is -0.374 e. The van der Waals surface area contributed by atoms with Crippen LogP contribution in [0, 0.1) is 0 Å². The van der Waals surface area contributed by atoms with Crippen LogP contribution < -0.4 is 5.32 Å². The van der Waals surface area contributed by atoms with Crippen molar-refractivity contribution in [3.8, 4) is 0 Å². The number of hydrogen-bond donors (Lipinski definition) is 1. The second kappa shape index (κ2) is 8.68. The van der Waals surface area contributed by atoms with Gasteiger partial charge in [0.05, 0.1) is 12.7 Å². The Morgan fingerprint density at radius 2 is 1.83 bits per heavy atom. The van der Waals surface area contributed by atoms with Crippen LogP contribution in [0.4, 0.5) is 0 Å². The number of hydrogen-bond acceptors (Lipinski definition) is 2. The highest BCUT2D eigenvalue weighted by Gasteiger charge is 2.03. The molecule has 0 fully saturated rings. The lowest BCUT2D eigenvalue weighted by molar-refractivity contribution is 0.0463. The average Bonchev–Trinajstić information content (AvgIpc) is 2.34. The first-order valence-corrected chi connectivity index (χ1v) is 7.46. The first-order chi connectivity index (χ1) is 8.58. The lowest BCUT2D eigenvalue weighted by Gasteiger charge is -2.14. The van der Waals surface area contributed by atoms with E-state index in [2.05, 4.69) is 66.3 Å². The molecule has 0 spiro atoms. The standard InChI is InChI=1S/C15H24BrNO/c1-12(2)17-10-4-5-13(3)18-11-14-6-8-15(16)9-7-14/h6-9,12-13,17H,4-5,10-11H2,1-3H3. The summed E-state index contributed by atoms with van der Waals surface area (Å²) in [6.07, 6.45) is 2.60. The van der Waals surface area contributed by atoms with E-state index >= 15 is 0 Å². The molecule has 18 heavy (non-hydrogen) atoms. The molecule has 1 N–H and O–H groups in total. The highest BCUT2D eigenvalue weighted by molar-refractivity contribution is 9.10. The van der Waals surface area contributed by atoms with Crippen molar-refractivity contribution < 1.29 is 4.74 Å². The highest BCUT2D eigenvalue weighted by atomic mass is 79.9. The van der Waals surface area contributed by atoms with Gasteiger partial charge in [-0.2, -0.15) is 0 Å². The molecule has 3 heteroatoms. The number of ether oxygens (including phenoxy) is 1. The monoisotopic (exact) mass is 313 g/mol. The highest BCUT2D eigenvalue weighted by Crippen LogP contribution is 2.12. The SMILES string of the molecule is CC(C)NCCCC(C)OCc1ccc(Br)cc1. The maximum Gasteiger partial charge on any atom is 0.0720 e. The fourth-order valence-electron chi connectivity index (χ4n) is 1.68. The summed E-state index contributed by atoms with van der Waals surface area (Å²) in [5, 5.41) is 3.42. The van der Waals surface area contributed by atoms with E-state index in [4.69, 9.17) is 4.74 Å². The van der Waals surface area contributed by atoms with Gasteiger partial charge in [0.25, 0.3) is 0 Å². The molecule has 1 aromatic rings. The lowest BCUT2D eigenvalue weighted by atomic mass is 10.2. The van der Waals surface area contributed by atoms with E-state index in [-0.39, 0.29) is 0 Å². The molecule has 0 bridgehead atoms. The van der Waals surface area contributed by atoms with Crippen molar-refractivity contribution in [3.05, 3.63) is 34.3 Å². The van der Waals surface area contributed by atoms with E-state index in [0.29, 0.717) is 18.8 Å². The largest absolute Gasteiger partial charge is 0.374 e. The molecule has 0 aliphatic rings. The first-order valence-electron chi connectivity index (χ1n) is 6.67. The van der Waals surface area contributed by atoms with Crippen molar-refractivity contribution in [1.29, 1.82) is 0 Å². The average molecular weight is 314 g/mol. The smallest absolute Gasteiger partial charge is 0.0720 e. The predicted octanol–water partition coefficient (Wildman–Crippen LogP) is 4.13. The maximum absolute atomic E-state index is 5.83. The summed E-state index contributed by atoms with van der Waals surface area (Å²) < 4.78 is 6.94. The van der Waals surface area contributed by atoms with Gasteiger partial charge in [0.1, 0.15) is 0 Å². The Kier molecular flexibility index (Phi) is 7.56. The summed E-state index contributed by atoms with van der Waals surface area (Å²) in [6, 6.07) is 8.86. The molecule has 1 rings (SSSR count). The topological polar surface area (TPSA) is 21.3 Å². The van der Waals surface area contributed by atoms with E-state index < -0.39 is 0 Å². The van der Waals surface area contributed by atoms with Crippen molar-refractivity contribution >= 4 is 15.9 Å². The van der Waals surface area contributed by atoms with Crippen LogP contribution in [-0.4, -0.2) is 18.7 Å². The minimum absolute atomic E-state index is 0.322. The van der Waals surface area contributed by atoms with Crippen LogP contribution >= 0.6 is 15.9 Å². The third-order valence-electron chi connectivity index (χ3n) is 2.79. The lowest BCUT2D eigenvalue weighted by Crippen LogP contribution is -2.24. The molecule has 102 valence electrons. The number of nitrogens with one attached hydrogen (secondary N) is 1. The van der Waals surface area contributed by atoms with Gasteiger partial charge in [-0.3, -0.25) is 0 Å². The van der Waals surface area contributed by atoms with Crippen LogP contribution in [-0.2, 0) is 11.3 Å². The molecule has 0 radical (unpaired) electrons. The van der Waals surface area contributed by atoms with E-state index in [9.17, 15) is 0 Å². The van der Waals surface area contributed by atoms with Crippen LogP contribution in [0.15, 0.2) is 28.7 Å². The molecule has 0 aliphatic heterocycles. The van der Waals surface area contributed by atoms with Crippen LogP contribution in [0.2, 0.25) is 0 Å². The Balaban J connectivity index is 2.13. The van der Waals surface area contributed by atoms with Crippen molar-refractivity contribution in [2.75, 3.05) is 6.54 Å². The Bertz CT molecular complexity index is 324. The van der Waals surface area contributed by atoms with Gasteiger partial charge in [0, 0.05) is 10.5 Å². The van der Waals surface area contributed by atoms with Crippen molar-refractivity contribution in [2.24, 2.45) is 0 Å². The van der Waals surface area contributed by atoms with Gasteiger partial charge in [-0.05, 0) is 44.0 Å². The molecular formula is C15H24BrNO. The van der Waals surface area contributed by atoms with Gasteiger partial charge in [-0.25, -0.2) is 0 Å². The van der Waals surface area contributed by atoms with Crippen LogP contribution in [0.5, 0.6) is 0 Å². The Labute approximate surface area is 119 Å². The van der Waals surface area contributed by atoms with Gasteiger partial charge < -0.3 is 10.1 Å². The zero-order chi connectivity index (χ0) is 13.4. The fraction of sp³-hybridized carbons (Fsp3) is 0.600. The van der Waals surface area contributed by atoms with Gasteiger partial charge in [-0.15, -0.1) is 0 Å². The molecule has 0 saturated carbocycles. The second-order valence-corrected chi connectivity index (χ2v) is 5.91. The molecule has 1 unspecified atom stereocenters. The third kappa shape index (κ3) is 7.14. The molecule has 0 amide bonds. The van der Waals surface area contributed by atoms with Crippen LogP contribution in [0.3, 0.4) is 0 Å². The molecule has 2 nitrogen and oxygen atoms in total. The summed E-state index contributed by atoms with van der Waals surface area (Å²) in [7, 11) is 0. The number of benzene rings is 1. The third-order valence-corrected chi connectivity index (χ3v) is 3.32. The van der Waals surface area contributed by atoms with Crippen molar-refractivity contribution in [3.63, 3.8) is 0 Å². The zero-order valence-electron chi connectivity index (χ0n) is 11.6.